The molecule has 4 rings (SSSR count). The second kappa shape index (κ2) is 6.89. The van der Waals surface area contributed by atoms with Crippen molar-refractivity contribution < 1.29 is 19.5 Å². The number of ketones is 2. The quantitative estimate of drug-likeness (QED) is 0.620. The van der Waals surface area contributed by atoms with Gasteiger partial charge in [0.2, 0.25) is 5.78 Å². The van der Waals surface area contributed by atoms with Crippen LogP contribution in [0.2, 0.25) is 0 Å². The van der Waals surface area contributed by atoms with Gasteiger partial charge < -0.3 is 5.11 Å². The summed E-state index contributed by atoms with van der Waals surface area (Å²) in [6, 6.07) is 8.33. The number of benzene rings is 2. The molecule has 31 heavy (non-hydrogen) atoms. The van der Waals surface area contributed by atoms with E-state index in [1.807, 2.05) is 12.1 Å². The number of aromatic carboxylic acids is 1. The fourth-order valence-corrected chi connectivity index (χ4v) is 5.07. The molecule has 0 amide bonds. The van der Waals surface area contributed by atoms with Gasteiger partial charge in [0.1, 0.15) is 5.03 Å². The Morgan fingerprint density at radius 2 is 1.42 bits per heavy atom. The maximum Gasteiger partial charge on any atom is 0.335 e. The van der Waals surface area contributed by atoms with E-state index in [1.54, 1.807) is 13.0 Å². The molecule has 2 aliphatic rings. The maximum atomic E-state index is 13.6. The SMILES string of the molecule is Cc1cc(C2=C(Cl)C(=O)c3cc4c(cc3C2=O)C(C)(C)CCC4(C)C)ccc1C(=O)O. The van der Waals surface area contributed by atoms with Gasteiger partial charge in [-0.25, -0.2) is 4.79 Å². The van der Waals surface area contributed by atoms with Gasteiger partial charge in [0.25, 0.3) is 0 Å². The van der Waals surface area contributed by atoms with E-state index >= 15 is 0 Å². The summed E-state index contributed by atoms with van der Waals surface area (Å²) >= 11 is 6.45. The van der Waals surface area contributed by atoms with E-state index in [9.17, 15) is 19.5 Å². The Kier molecular flexibility index (Phi) is 4.78. The lowest BCUT2D eigenvalue weighted by molar-refractivity contribution is 0.0695. The first kappa shape index (κ1) is 21.5. The number of aryl methyl sites for hydroxylation is 1. The van der Waals surface area contributed by atoms with Crippen LogP contribution in [0.1, 0.15) is 93.9 Å². The zero-order chi connectivity index (χ0) is 22.9. The van der Waals surface area contributed by atoms with E-state index in [0.717, 1.165) is 24.0 Å². The van der Waals surface area contributed by atoms with E-state index in [0.29, 0.717) is 22.3 Å². The first-order valence-electron chi connectivity index (χ1n) is 10.4. The van der Waals surface area contributed by atoms with Crippen molar-refractivity contribution in [3.8, 4) is 0 Å². The molecule has 4 nitrogen and oxygen atoms in total. The van der Waals surface area contributed by atoms with E-state index in [-0.39, 0.29) is 38.6 Å². The van der Waals surface area contributed by atoms with Gasteiger partial charge in [-0.15, -0.1) is 0 Å². The van der Waals surface area contributed by atoms with Gasteiger partial charge in [0, 0.05) is 11.1 Å². The van der Waals surface area contributed by atoms with Crippen molar-refractivity contribution in [3.63, 3.8) is 0 Å². The topological polar surface area (TPSA) is 71.4 Å². The molecule has 0 spiro atoms. The molecule has 0 fully saturated rings. The standard InChI is InChI=1S/C26H25ClO4/c1-13-10-14(6-7-15(13)24(30)31)20-21(27)23(29)17-12-19-18(11-16(17)22(20)28)25(2,3)8-9-26(19,4)5/h6-7,10-12H,8-9H2,1-5H3,(H,30,31). The molecule has 2 aromatic rings. The van der Waals surface area contributed by atoms with Crippen LogP contribution in [0, 0.1) is 6.92 Å². The van der Waals surface area contributed by atoms with Gasteiger partial charge in [-0.3, -0.25) is 9.59 Å². The molecule has 160 valence electrons. The second-order valence-corrected chi connectivity index (χ2v) is 10.3. The Bertz CT molecular complexity index is 1210. The van der Waals surface area contributed by atoms with Gasteiger partial charge in [0.15, 0.2) is 5.78 Å². The summed E-state index contributed by atoms with van der Waals surface area (Å²) < 4.78 is 0. The molecule has 0 unspecified atom stereocenters. The minimum Gasteiger partial charge on any atom is -0.478 e. The summed E-state index contributed by atoms with van der Waals surface area (Å²) in [5.41, 5.74) is 3.95. The molecule has 0 aliphatic heterocycles. The summed E-state index contributed by atoms with van der Waals surface area (Å²) in [4.78, 5) is 38.1. The highest BCUT2D eigenvalue weighted by molar-refractivity contribution is 6.56. The number of fused-ring (bicyclic) bond motifs is 2. The molecular weight excluding hydrogens is 412 g/mol. The molecule has 5 heteroatoms. The second-order valence-electron chi connectivity index (χ2n) is 9.89. The van der Waals surface area contributed by atoms with Gasteiger partial charge in [-0.1, -0.05) is 51.4 Å². The summed E-state index contributed by atoms with van der Waals surface area (Å²) in [5.74, 6) is -1.71. The number of carbonyl (C=O) groups excluding carboxylic acids is 2. The number of hydrogen-bond donors (Lipinski definition) is 1. The zero-order valence-electron chi connectivity index (χ0n) is 18.4. The minimum absolute atomic E-state index is 0.0938. The third-order valence-corrected chi connectivity index (χ3v) is 7.23. The van der Waals surface area contributed by atoms with Crippen LogP contribution in [0.5, 0.6) is 0 Å². The average molecular weight is 437 g/mol. The lowest BCUT2D eigenvalue weighted by Gasteiger charge is -2.42. The Labute approximate surface area is 186 Å². The van der Waals surface area contributed by atoms with E-state index in [4.69, 9.17) is 11.6 Å². The summed E-state index contributed by atoms with van der Waals surface area (Å²) in [6.45, 7) is 10.3. The highest BCUT2D eigenvalue weighted by atomic mass is 35.5. The molecule has 0 atom stereocenters. The van der Waals surface area contributed by atoms with Crippen LogP contribution in [0.25, 0.3) is 5.57 Å². The first-order chi connectivity index (χ1) is 14.3. The Balaban J connectivity index is 1.92. The number of carbonyl (C=O) groups is 3. The molecular formula is C26H25ClO4. The van der Waals surface area contributed by atoms with Crippen molar-refractivity contribution in [2.75, 3.05) is 0 Å². The van der Waals surface area contributed by atoms with Gasteiger partial charge in [-0.2, -0.15) is 0 Å². The Morgan fingerprint density at radius 1 is 0.903 bits per heavy atom. The number of Topliss-reactive ketones (excluding diaryl/α,β-unsaturated/α-hetero) is 2. The summed E-state index contributed by atoms with van der Waals surface area (Å²) in [6.07, 6.45) is 1.99. The van der Waals surface area contributed by atoms with Crippen molar-refractivity contribution in [1.29, 1.82) is 0 Å². The van der Waals surface area contributed by atoms with Crippen LogP contribution < -0.4 is 0 Å². The number of carboxylic acids is 1. The van der Waals surface area contributed by atoms with Gasteiger partial charge in [0.05, 0.1) is 11.1 Å². The highest BCUT2D eigenvalue weighted by Crippen LogP contribution is 2.48. The van der Waals surface area contributed by atoms with E-state index in [1.165, 1.54) is 12.1 Å². The normalized spacial score (nSPS) is 19.2. The lowest BCUT2D eigenvalue weighted by atomic mass is 9.62. The highest BCUT2D eigenvalue weighted by Gasteiger charge is 2.41. The van der Waals surface area contributed by atoms with E-state index in [2.05, 4.69) is 27.7 Å². The lowest BCUT2D eigenvalue weighted by Crippen LogP contribution is -2.35. The van der Waals surface area contributed by atoms with Crippen LogP contribution in [0.15, 0.2) is 35.4 Å². The third-order valence-electron chi connectivity index (χ3n) is 6.87. The fourth-order valence-electron chi connectivity index (χ4n) is 4.77. The number of rotatable bonds is 2. The molecule has 1 N–H and O–H groups in total. The fraction of sp³-hybridized carbons (Fsp3) is 0.346. The maximum absolute atomic E-state index is 13.6. The Morgan fingerprint density at radius 3 is 1.90 bits per heavy atom. The van der Waals surface area contributed by atoms with Crippen LogP contribution in [-0.4, -0.2) is 22.6 Å². The Hall–Kier alpha value is -2.72. The number of halogens is 1. The molecule has 0 saturated heterocycles. The monoisotopic (exact) mass is 436 g/mol. The third kappa shape index (κ3) is 3.25. The van der Waals surface area contributed by atoms with Gasteiger partial charge >= 0.3 is 5.97 Å². The van der Waals surface area contributed by atoms with Crippen molar-refractivity contribution in [2.45, 2.75) is 58.3 Å². The zero-order valence-corrected chi connectivity index (χ0v) is 19.1. The molecule has 0 saturated carbocycles. The average Bonchev–Trinajstić information content (AvgIpc) is 2.69. The molecule has 0 aromatic heterocycles. The van der Waals surface area contributed by atoms with Crippen LogP contribution in [0.3, 0.4) is 0 Å². The number of allylic oxidation sites excluding steroid dienone is 2. The van der Waals surface area contributed by atoms with Crippen LogP contribution in [0.4, 0.5) is 0 Å². The molecule has 2 aliphatic carbocycles. The number of hydrogen-bond acceptors (Lipinski definition) is 3. The van der Waals surface area contributed by atoms with Crippen LogP contribution in [-0.2, 0) is 10.8 Å². The van der Waals surface area contributed by atoms with Crippen molar-refractivity contribution >= 4 is 34.7 Å². The molecule has 0 heterocycles. The summed E-state index contributed by atoms with van der Waals surface area (Å²) in [7, 11) is 0. The van der Waals surface area contributed by atoms with Crippen molar-refractivity contribution in [1.82, 2.24) is 0 Å². The predicted molar refractivity (Wildman–Crippen MR) is 121 cm³/mol. The van der Waals surface area contributed by atoms with Crippen LogP contribution >= 0.6 is 11.6 Å². The largest absolute Gasteiger partial charge is 0.478 e. The van der Waals surface area contributed by atoms with Crippen molar-refractivity contribution in [3.05, 3.63) is 74.3 Å². The molecule has 0 radical (unpaired) electrons. The first-order valence-corrected chi connectivity index (χ1v) is 10.8. The number of carboxylic acid groups (broad SMARTS) is 1. The van der Waals surface area contributed by atoms with Gasteiger partial charge in [-0.05, 0) is 71.0 Å². The minimum atomic E-state index is -1.04. The smallest absolute Gasteiger partial charge is 0.335 e. The molecule has 0 bridgehead atoms. The predicted octanol–water partition coefficient (Wildman–Crippen LogP) is 6.07. The van der Waals surface area contributed by atoms with Crippen molar-refractivity contribution in [2.24, 2.45) is 0 Å². The summed E-state index contributed by atoms with van der Waals surface area (Å²) in [5, 5.41) is 9.17. The molecule has 2 aromatic carbocycles. The van der Waals surface area contributed by atoms with E-state index < -0.39 is 5.97 Å².